The van der Waals surface area contributed by atoms with Crippen molar-refractivity contribution in [2.75, 3.05) is 13.1 Å². The molecular weight excluding hydrogens is 222 g/mol. The minimum absolute atomic E-state index is 0.130. The second-order valence-electron chi connectivity index (χ2n) is 4.78. The molecule has 0 unspecified atom stereocenters. The van der Waals surface area contributed by atoms with Crippen LogP contribution in [0.2, 0.25) is 0 Å². The molecule has 5 heteroatoms. The quantitative estimate of drug-likeness (QED) is 0.596. The van der Waals surface area contributed by atoms with Crippen molar-refractivity contribution in [3.63, 3.8) is 0 Å². The standard InChI is InChI=1S/C12H21NO4/c14-11(15)6-8-13(9-7-12(16)17)10-4-2-1-3-5-10/h10H,1-9H2,(H,14,15)(H,16,17)/p+1. The van der Waals surface area contributed by atoms with Gasteiger partial charge in [0.1, 0.15) is 0 Å². The van der Waals surface area contributed by atoms with Crippen LogP contribution in [0.1, 0.15) is 44.9 Å². The summed E-state index contributed by atoms with van der Waals surface area (Å²) >= 11 is 0. The highest BCUT2D eigenvalue weighted by atomic mass is 16.4. The summed E-state index contributed by atoms with van der Waals surface area (Å²) in [5.41, 5.74) is 0. The van der Waals surface area contributed by atoms with Crippen molar-refractivity contribution in [3.8, 4) is 0 Å². The third-order valence-corrected chi connectivity index (χ3v) is 3.50. The predicted octanol–water partition coefficient (Wildman–Crippen LogP) is 0.153. The Labute approximate surface area is 101 Å². The molecule has 17 heavy (non-hydrogen) atoms. The Bertz CT molecular complexity index is 243. The summed E-state index contributed by atoms with van der Waals surface area (Å²) in [5.74, 6) is -1.60. The maximum atomic E-state index is 10.6. The van der Waals surface area contributed by atoms with Gasteiger partial charge in [-0.05, 0) is 25.7 Å². The molecule has 0 heterocycles. The molecule has 0 bridgehead atoms. The first-order valence-corrected chi connectivity index (χ1v) is 6.37. The van der Waals surface area contributed by atoms with E-state index in [-0.39, 0.29) is 12.8 Å². The minimum atomic E-state index is -0.798. The molecule has 98 valence electrons. The Morgan fingerprint density at radius 3 is 1.82 bits per heavy atom. The average Bonchev–Trinajstić information content (AvgIpc) is 2.29. The molecule has 0 saturated heterocycles. The lowest BCUT2D eigenvalue weighted by atomic mass is 9.94. The molecule has 1 fully saturated rings. The normalized spacial score (nSPS) is 17.2. The highest BCUT2D eigenvalue weighted by molar-refractivity contribution is 5.67. The fourth-order valence-electron chi connectivity index (χ4n) is 2.58. The molecule has 3 N–H and O–H groups in total. The van der Waals surface area contributed by atoms with Crippen molar-refractivity contribution < 1.29 is 24.7 Å². The highest BCUT2D eigenvalue weighted by Crippen LogP contribution is 2.15. The van der Waals surface area contributed by atoms with Gasteiger partial charge in [0.25, 0.3) is 0 Å². The van der Waals surface area contributed by atoms with E-state index in [9.17, 15) is 9.59 Å². The van der Waals surface area contributed by atoms with E-state index in [0.29, 0.717) is 19.1 Å². The molecule has 0 aromatic heterocycles. The summed E-state index contributed by atoms with van der Waals surface area (Å²) in [6.07, 6.45) is 6.10. The Morgan fingerprint density at radius 1 is 0.941 bits per heavy atom. The zero-order valence-electron chi connectivity index (χ0n) is 10.2. The molecule has 0 spiro atoms. The van der Waals surface area contributed by atoms with Crippen molar-refractivity contribution in [1.29, 1.82) is 0 Å². The van der Waals surface area contributed by atoms with Crippen LogP contribution in [0.3, 0.4) is 0 Å². The Hall–Kier alpha value is -1.10. The summed E-state index contributed by atoms with van der Waals surface area (Å²) in [4.78, 5) is 22.4. The number of carboxylic acids is 2. The van der Waals surface area contributed by atoms with E-state index in [1.807, 2.05) is 0 Å². The van der Waals surface area contributed by atoms with E-state index in [1.54, 1.807) is 0 Å². The average molecular weight is 244 g/mol. The maximum absolute atomic E-state index is 10.6. The second-order valence-corrected chi connectivity index (χ2v) is 4.78. The van der Waals surface area contributed by atoms with E-state index in [4.69, 9.17) is 10.2 Å². The number of aliphatic carboxylic acids is 2. The SMILES string of the molecule is O=C(O)CC[NH+](CCC(=O)O)C1CCCCC1. The fraction of sp³-hybridized carbons (Fsp3) is 0.833. The third-order valence-electron chi connectivity index (χ3n) is 3.50. The van der Waals surface area contributed by atoms with Crippen molar-refractivity contribution >= 4 is 11.9 Å². The third kappa shape index (κ3) is 5.68. The van der Waals surface area contributed by atoms with Crippen molar-refractivity contribution in [2.45, 2.75) is 51.0 Å². The van der Waals surface area contributed by atoms with Gasteiger partial charge in [-0.3, -0.25) is 9.59 Å². The van der Waals surface area contributed by atoms with Gasteiger partial charge < -0.3 is 15.1 Å². The van der Waals surface area contributed by atoms with Crippen LogP contribution in [0.5, 0.6) is 0 Å². The van der Waals surface area contributed by atoms with Crippen LogP contribution in [0.15, 0.2) is 0 Å². The van der Waals surface area contributed by atoms with Gasteiger partial charge in [-0.15, -0.1) is 0 Å². The van der Waals surface area contributed by atoms with Gasteiger partial charge in [-0.1, -0.05) is 6.42 Å². The summed E-state index contributed by atoms with van der Waals surface area (Å²) in [5, 5.41) is 17.4. The van der Waals surface area contributed by atoms with Crippen LogP contribution in [-0.2, 0) is 9.59 Å². The molecule has 0 aliphatic heterocycles. The second kappa shape index (κ2) is 7.27. The number of carboxylic acid groups (broad SMARTS) is 2. The molecule has 1 rings (SSSR count). The smallest absolute Gasteiger partial charge is 0.309 e. The van der Waals surface area contributed by atoms with Crippen LogP contribution < -0.4 is 4.90 Å². The molecule has 1 aliphatic rings. The van der Waals surface area contributed by atoms with E-state index in [1.165, 1.54) is 19.3 Å². The number of hydrogen-bond donors (Lipinski definition) is 3. The maximum Gasteiger partial charge on any atom is 0.309 e. The van der Waals surface area contributed by atoms with Crippen LogP contribution in [0, 0.1) is 0 Å². The van der Waals surface area contributed by atoms with Crippen molar-refractivity contribution in [3.05, 3.63) is 0 Å². The topological polar surface area (TPSA) is 79.0 Å². The van der Waals surface area contributed by atoms with E-state index < -0.39 is 11.9 Å². The van der Waals surface area contributed by atoms with E-state index in [0.717, 1.165) is 17.7 Å². The lowest BCUT2D eigenvalue weighted by molar-refractivity contribution is -0.925. The minimum Gasteiger partial charge on any atom is -0.481 e. The molecule has 0 radical (unpaired) electrons. The van der Waals surface area contributed by atoms with Gasteiger partial charge in [-0.2, -0.15) is 0 Å². The monoisotopic (exact) mass is 244 g/mol. The van der Waals surface area contributed by atoms with Gasteiger partial charge in [0.05, 0.1) is 32.0 Å². The molecule has 0 aromatic rings. The highest BCUT2D eigenvalue weighted by Gasteiger charge is 2.25. The van der Waals surface area contributed by atoms with Gasteiger partial charge in [0, 0.05) is 0 Å². The predicted molar refractivity (Wildman–Crippen MR) is 62.1 cm³/mol. The first-order chi connectivity index (χ1) is 8.09. The Morgan fingerprint density at radius 2 is 1.41 bits per heavy atom. The van der Waals surface area contributed by atoms with E-state index in [2.05, 4.69) is 0 Å². The molecule has 1 saturated carbocycles. The summed E-state index contributed by atoms with van der Waals surface area (Å²) in [7, 11) is 0. The van der Waals surface area contributed by atoms with E-state index >= 15 is 0 Å². The number of hydrogen-bond acceptors (Lipinski definition) is 2. The summed E-state index contributed by atoms with van der Waals surface area (Å²) in [6.45, 7) is 1.10. The molecule has 1 aliphatic carbocycles. The summed E-state index contributed by atoms with van der Waals surface area (Å²) < 4.78 is 0. The first-order valence-electron chi connectivity index (χ1n) is 6.37. The van der Waals surface area contributed by atoms with Crippen molar-refractivity contribution in [1.82, 2.24) is 0 Å². The molecule has 0 amide bonds. The van der Waals surface area contributed by atoms with Crippen LogP contribution >= 0.6 is 0 Å². The number of carbonyl (C=O) groups is 2. The summed E-state index contributed by atoms with van der Waals surface area (Å²) in [6, 6.07) is 0.461. The Balaban J connectivity index is 2.43. The van der Waals surface area contributed by atoms with Gasteiger partial charge in [0.15, 0.2) is 0 Å². The van der Waals surface area contributed by atoms with Gasteiger partial charge in [-0.25, -0.2) is 0 Å². The molecule has 5 nitrogen and oxygen atoms in total. The molecule has 0 aromatic carbocycles. The number of rotatable bonds is 7. The van der Waals surface area contributed by atoms with Gasteiger partial charge in [0.2, 0.25) is 0 Å². The molecule has 0 atom stereocenters. The van der Waals surface area contributed by atoms with Crippen LogP contribution in [-0.4, -0.2) is 41.3 Å². The lowest BCUT2D eigenvalue weighted by Gasteiger charge is -2.30. The number of nitrogens with one attached hydrogen (secondary N) is 1. The van der Waals surface area contributed by atoms with Gasteiger partial charge >= 0.3 is 11.9 Å². The largest absolute Gasteiger partial charge is 0.481 e. The fourth-order valence-corrected chi connectivity index (χ4v) is 2.58. The van der Waals surface area contributed by atoms with Crippen LogP contribution in [0.25, 0.3) is 0 Å². The first kappa shape index (κ1) is 14.0. The number of quaternary nitrogens is 1. The molecular formula is C12H22NO4+. The zero-order valence-corrected chi connectivity index (χ0v) is 10.2. The lowest BCUT2D eigenvalue weighted by Crippen LogP contribution is -3.16. The van der Waals surface area contributed by atoms with Crippen LogP contribution in [0.4, 0.5) is 0 Å². The Kier molecular flexibility index (Phi) is 5.97. The van der Waals surface area contributed by atoms with Crippen molar-refractivity contribution in [2.24, 2.45) is 0 Å². The zero-order chi connectivity index (χ0) is 12.7.